The average Bonchev–Trinajstić information content (AvgIpc) is 3.36. The Bertz CT molecular complexity index is 1270. The van der Waals surface area contributed by atoms with Gasteiger partial charge < -0.3 is 10.2 Å². The number of carbonyl (C=O) groups excluding carboxylic acids is 3. The molecule has 1 saturated carbocycles. The highest BCUT2D eigenvalue weighted by atomic mass is 16.2. The molecule has 3 aromatic carbocycles. The third kappa shape index (κ3) is 4.97. The maximum Gasteiger partial charge on any atom is 0.256 e. The van der Waals surface area contributed by atoms with Crippen molar-refractivity contribution in [1.82, 2.24) is 15.6 Å². The summed E-state index contributed by atoms with van der Waals surface area (Å²) in [5.41, 5.74) is 4.93. The summed E-state index contributed by atoms with van der Waals surface area (Å²) < 4.78 is 0. The predicted molar refractivity (Wildman–Crippen MR) is 139 cm³/mol. The summed E-state index contributed by atoms with van der Waals surface area (Å²) in [6, 6.07) is 20.3. The Morgan fingerprint density at radius 1 is 0.917 bits per heavy atom. The molecule has 0 unspecified atom stereocenters. The Hall–Kier alpha value is -3.71. The molecule has 1 heterocycles. The van der Waals surface area contributed by atoms with Crippen molar-refractivity contribution in [1.29, 1.82) is 0 Å². The highest BCUT2D eigenvalue weighted by Gasteiger charge is 2.37. The first-order chi connectivity index (χ1) is 17.5. The molecule has 2 atom stereocenters. The van der Waals surface area contributed by atoms with Gasteiger partial charge in [0.25, 0.3) is 11.8 Å². The minimum Gasteiger partial charge on any atom is -0.340 e. The molecule has 0 spiro atoms. The molecule has 7 nitrogen and oxygen atoms in total. The molecular weight excluding hydrogens is 452 g/mol. The van der Waals surface area contributed by atoms with Crippen molar-refractivity contribution < 1.29 is 14.4 Å². The summed E-state index contributed by atoms with van der Waals surface area (Å²) in [6.45, 7) is 0.456. The second kappa shape index (κ2) is 10.5. The highest BCUT2D eigenvalue weighted by Crippen LogP contribution is 2.37. The highest BCUT2D eigenvalue weighted by molar-refractivity contribution is 6.01. The van der Waals surface area contributed by atoms with Crippen LogP contribution in [0.25, 0.3) is 10.8 Å². The molecule has 2 aliphatic rings. The number of amides is 3. The van der Waals surface area contributed by atoms with Gasteiger partial charge >= 0.3 is 0 Å². The number of carbonyl (C=O) groups is 3. The van der Waals surface area contributed by atoms with Gasteiger partial charge in [0.2, 0.25) is 5.91 Å². The molecule has 0 radical (unpaired) electrons. The molecule has 1 aliphatic heterocycles. The molecular formula is C29H32N4O3. The third-order valence-corrected chi connectivity index (χ3v) is 7.57. The molecule has 0 aromatic heterocycles. The molecule has 4 N–H and O–H groups in total. The minimum absolute atomic E-state index is 0.272. The van der Waals surface area contributed by atoms with E-state index in [-0.39, 0.29) is 17.7 Å². The zero-order valence-corrected chi connectivity index (χ0v) is 20.3. The fourth-order valence-electron chi connectivity index (χ4n) is 5.29. The first-order valence-electron chi connectivity index (χ1n) is 12.7. The van der Waals surface area contributed by atoms with Gasteiger partial charge in [0, 0.05) is 18.5 Å². The van der Waals surface area contributed by atoms with Crippen molar-refractivity contribution in [2.45, 2.75) is 56.5 Å². The zero-order valence-electron chi connectivity index (χ0n) is 20.3. The zero-order chi connectivity index (χ0) is 25.1. The van der Waals surface area contributed by atoms with Crippen LogP contribution in [0.2, 0.25) is 0 Å². The van der Waals surface area contributed by atoms with Crippen LogP contribution in [0.1, 0.15) is 59.5 Å². The number of rotatable bonds is 7. The van der Waals surface area contributed by atoms with E-state index in [2.05, 4.69) is 28.9 Å². The molecule has 1 saturated heterocycles. The molecule has 186 valence electrons. The van der Waals surface area contributed by atoms with E-state index in [1.165, 1.54) is 24.8 Å². The lowest BCUT2D eigenvalue weighted by atomic mass is 9.79. The summed E-state index contributed by atoms with van der Waals surface area (Å²) in [6.07, 6.45) is 5.30. The van der Waals surface area contributed by atoms with Crippen LogP contribution < -0.4 is 16.6 Å². The summed E-state index contributed by atoms with van der Waals surface area (Å²) in [4.78, 5) is 40.8. The van der Waals surface area contributed by atoms with Crippen LogP contribution in [0, 0.1) is 0 Å². The molecule has 3 amide bonds. The van der Waals surface area contributed by atoms with Gasteiger partial charge in [-0.15, -0.1) is 0 Å². The smallest absolute Gasteiger partial charge is 0.256 e. The van der Waals surface area contributed by atoms with Gasteiger partial charge in [-0.05, 0) is 65.6 Å². The average molecular weight is 485 g/mol. The monoisotopic (exact) mass is 484 g/mol. The van der Waals surface area contributed by atoms with Crippen LogP contribution in [-0.2, 0) is 16.0 Å². The fourth-order valence-corrected chi connectivity index (χ4v) is 5.29. The van der Waals surface area contributed by atoms with Crippen LogP contribution in [0.15, 0.2) is 66.7 Å². The quantitative estimate of drug-likeness (QED) is 0.271. The van der Waals surface area contributed by atoms with Crippen molar-refractivity contribution in [2.24, 2.45) is 5.84 Å². The van der Waals surface area contributed by atoms with E-state index >= 15 is 0 Å². The lowest BCUT2D eigenvalue weighted by molar-refractivity contribution is -0.139. The van der Waals surface area contributed by atoms with Gasteiger partial charge in [0.15, 0.2) is 0 Å². The van der Waals surface area contributed by atoms with Gasteiger partial charge in [-0.25, -0.2) is 5.84 Å². The first kappa shape index (κ1) is 24.0. The lowest BCUT2D eigenvalue weighted by Crippen LogP contribution is -2.55. The van der Waals surface area contributed by atoms with Crippen LogP contribution in [0.5, 0.6) is 0 Å². The van der Waals surface area contributed by atoms with E-state index in [0.717, 1.165) is 16.3 Å². The van der Waals surface area contributed by atoms with Crippen molar-refractivity contribution >= 4 is 28.5 Å². The number of likely N-dealkylation sites (tertiary alicyclic amines) is 1. The van der Waals surface area contributed by atoms with E-state index < -0.39 is 12.1 Å². The Balaban J connectivity index is 1.39. The van der Waals surface area contributed by atoms with E-state index in [1.807, 2.05) is 42.5 Å². The number of nitrogens with two attached hydrogens (primary N) is 1. The Kier molecular flexibility index (Phi) is 7.00. The third-order valence-electron chi connectivity index (χ3n) is 7.57. The topological polar surface area (TPSA) is 105 Å². The van der Waals surface area contributed by atoms with Gasteiger partial charge in [-0.2, -0.15) is 0 Å². The lowest BCUT2D eigenvalue weighted by Gasteiger charge is -2.28. The molecule has 7 heteroatoms. The van der Waals surface area contributed by atoms with E-state index in [0.29, 0.717) is 37.3 Å². The maximum absolute atomic E-state index is 13.6. The first-order valence-corrected chi connectivity index (χ1v) is 12.7. The molecule has 1 aliphatic carbocycles. The number of benzene rings is 3. The SMILES string of the molecule is NNC(=O)[C@@H]1CCCN1C(=O)[C@H](Cc1ccccc1)NC(=O)c1ccc2ccc(C3CCC3)cc2c1. The fraction of sp³-hybridized carbons (Fsp3) is 0.345. The summed E-state index contributed by atoms with van der Waals surface area (Å²) >= 11 is 0. The summed E-state index contributed by atoms with van der Waals surface area (Å²) in [7, 11) is 0. The number of nitrogens with one attached hydrogen (secondary N) is 2. The van der Waals surface area contributed by atoms with Crippen LogP contribution in [0.3, 0.4) is 0 Å². The molecule has 2 fully saturated rings. The largest absolute Gasteiger partial charge is 0.340 e. The van der Waals surface area contributed by atoms with Crippen molar-refractivity contribution in [2.75, 3.05) is 6.54 Å². The van der Waals surface area contributed by atoms with Gasteiger partial charge in [0.1, 0.15) is 12.1 Å². The molecule has 3 aromatic rings. The number of hydrogen-bond donors (Lipinski definition) is 3. The molecule has 5 rings (SSSR count). The van der Waals surface area contributed by atoms with Crippen molar-refractivity contribution in [3.8, 4) is 0 Å². The Labute approximate surface area is 211 Å². The van der Waals surface area contributed by atoms with Gasteiger partial charge in [-0.3, -0.25) is 19.8 Å². The number of nitrogens with zero attached hydrogens (tertiary/aromatic N) is 1. The minimum atomic E-state index is -0.803. The Morgan fingerprint density at radius 3 is 2.42 bits per heavy atom. The number of hydrazine groups is 1. The van der Waals surface area contributed by atoms with Crippen LogP contribution >= 0.6 is 0 Å². The Morgan fingerprint density at radius 2 is 1.69 bits per heavy atom. The predicted octanol–water partition coefficient (Wildman–Crippen LogP) is 3.43. The second-order valence-corrected chi connectivity index (χ2v) is 9.86. The normalized spacial score (nSPS) is 18.5. The van der Waals surface area contributed by atoms with Gasteiger partial charge in [-0.1, -0.05) is 61.0 Å². The summed E-state index contributed by atoms with van der Waals surface area (Å²) in [5, 5.41) is 5.08. The second-order valence-electron chi connectivity index (χ2n) is 9.86. The number of hydrogen-bond acceptors (Lipinski definition) is 4. The maximum atomic E-state index is 13.6. The number of fused-ring (bicyclic) bond motifs is 1. The van der Waals surface area contributed by atoms with Crippen molar-refractivity contribution in [3.63, 3.8) is 0 Å². The van der Waals surface area contributed by atoms with Crippen LogP contribution in [-0.4, -0.2) is 41.2 Å². The standard InChI is InChI=1S/C29H32N4O3/c30-32-28(35)26-10-5-15-33(26)29(36)25(16-19-6-2-1-3-7-19)31-27(34)23-14-12-21-11-13-22(17-24(21)18-23)20-8-4-9-20/h1-3,6-7,11-14,17-18,20,25-26H,4-5,8-10,15-16,30H2,(H,31,34)(H,32,35)/t25-,26-/m0/s1. The molecule has 36 heavy (non-hydrogen) atoms. The van der Waals surface area contributed by atoms with Crippen LogP contribution in [0.4, 0.5) is 0 Å². The van der Waals surface area contributed by atoms with E-state index in [9.17, 15) is 14.4 Å². The van der Waals surface area contributed by atoms with E-state index in [1.54, 1.807) is 11.0 Å². The van der Waals surface area contributed by atoms with E-state index in [4.69, 9.17) is 5.84 Å². The summed E-state index contributed by atoms with van der Waals surface area (Å²) in [5.74, 6) is 5.00. The van der Waals surface area contributed by atoms with Crippen molar-refractivity contribution in [3.05, 3.63) is 83.4 Å². The molecule has 0 bridgehead atoms. The van der Waals surface area contributed by atoms with Gasteiger partial charge in [0.05, 0.1) is 0 Å².